The minimum atomic E-state index is -0.359. The molecular weight excluding hydrogens is 474 g/mol. The molecule has 0 aromatic heterocycles. The highest BCUT2D eigenvalue weighted by atomic mass is 127. The molecule has 0 aliphatic carbocycles. The maximum absolute atomic E-state index is 13.8. The Morgan fingerprint density at radius 1 is 1.11 bits per heavy atom. The van der Waals surface area contributed by atoms with Crippen molar-refractivity contribution in [1.82, 2.24) is 10.6 Å². The molecular formula is C20H24FIN4O2. The second-order valence-electron chi connectivity index (χ2n) is 5.71. The molecule has 28 heavy (non-hydrogen) atoms. The van der Waals surface area contributed by atoms with Crippen LogP contribution in [0.4, 0.5) is 4.39 Å². The van der Waals surface area contributed by atoms with Crippen LogP contribution in [0.2, 0.25) is 0 Å². The minimum Gasteiger partial charge on any atom is -0.493 e. The number of nitrogens with one attached hydrogen (secondary N) is 2. The average molecular weight is 498 g/mol. The normalized spacial score (nSPS) is 10.5. The lowest BCUT2D eigenvalue weighted by atomic mass is 10.1. The number of methoxy groups -OCH3 is 2. The van der Waals surface area contributed by atoms with Gasteiger partial charge in [0.2, 0.25) is 0 Å². The first kappa shape index (κ1) is 23.5. The van der Waals surface area contributed by atoms with Crippen molar-refractivity contribution in [2.24, 2.45) is 4.99 Å². The van der Waals surface area contributed by atoms with Gasteiger partial charge in [-0.05, 0) is 42.3 Å². The summed E-state index contributed by atoms with van der Waals surface area (Å²) in [6.45, 7) is 0.868. The maximum Gasteiger partial charge on any atom is 0.191 e. The summed E-state index contributed by atoms with van der Waals surface area (Å²) in [5.41, 5.74) is 1.92. The van der Waals surface area contributed by atoms with Gasteiger partial charge in [-0.15, -0.1) is 24.0 Å². The van der Waals surface area contributed by atoms with E-state index in [1.807, 2.05) is 24.3 Å². The fraction of sp³-hybridized carbons (Fsp3) is 0.300. The topological polar surface area (TPSA) is 78.7 Å². The molecule has 0 atom stereocenters. The quantitative estimate of drug-likeness (QED) is 0.348. The second kappa shape index (κ2) is 12.0. The van der Waals surface area contributed by atoms with Crippen molar-refractivity contribution in [3.63, 3.8) is 0 Å². The number of nitrogens with zero attached hydrogens (tertiary/aromatic N) is 2. The monoisotopic (exact) mass is 498 g/mol. The molecule has 0 fully saturated rings. The third-order valence-electron chi connectivity index (χ3n) is 4.00. The minimum absolute atomic E-state index is 0. The van der Waals surface area contributed by atoms with Crippen LogP contribution in [0.5, 0.6) is 11.5 Å². The van der Waals surface area contributed by atoms with E-state index in [1.54, 1.807) is 21.3 Å². The molecule has 0 amide bonds. The highest BCUT2D eigenvalue weighted by Crippen LogP contribution is 2.27. The molecule has 0 bridgehead atoms. The molecule has 2 aromatic rings. The van der Waals surface area contributed by atoms with Crippen LogP contribution in [0.25, 0.3) is 0 Å². The predicted molar refractivity (Wildman–Crippen MR) is 118 cm³/mol. The summed E-state index contributed by atoms with van der Waals surface area (Å²) in [4.78, 5) is 4.13. The average Bonchev–Trinajstić information content (AvgIpc) is 2.71. The Morgan fingerprint density at radius 3 is 2.50 bits per heavy atom. The third-order valence-corrected chi connectivity index (χ3v) is 4.00. The van der Waals surface area contributed by atoms with Gasteiger partial charge in [-0.1, -0.05) is 6.07 Å². The number of nitriles is 1. The van der Waals surface area contributed by atoms with Crippen LogP contribution in [0.1, 0.15) is 16.7 Å². The number of hydrogen-bond acceptors (Lipinski definition) is 4. The number of hydrogen-bond donors (Lipinski definition) is 2. The predicted octanol–water partition coefficient (Wildman–Crippen LogP) is 3.24. The van der Waals surface area contributed by atoms with Crippen molar-refractivity contribution >= 4 is 29.9 Å². The highest BCUT2D eigenvalue weighted by Gasteiger charge is 2.07. The van der Waals surface area contributed by atoms with Crippen molar-refractivity contribution in [2.45, 2.75) is 13.0 Å². The second-order valence-corrected chi connectivity index (χ2v) is 5.71. The smallest absolute Gasteiger partial charge is 0.191 e. The Kier molecular flexibility index (Phi) is 10.1. The van der Waals surface area contributed by atoms with Gasteiger partial charge in [0.25, 0.3) is 0 Å². The molecule has 2 N–H and O–H groups in total. The molecule has 0 spiro atoms. The Balaban J connectivity index is 0.00000392. The third kappa shape index (κ3) is 6.56. The summed E-state index contributed by atoms with van der Waals surface area (Å²) in [6.07, 6.45) is 0.749. The van der Waals surface area contributed by atoms with E-state index in [9.17, 15) is 4.39 Å². The molecule has 0 aliphatic rings. The van der Waals surface area contributed by atoms with Gasteiger partial charge >= 0.3 is 0 Å². The van der Waals surface area contributed by atoms with Crippen molar-refractivity contribution in [3.05, 3.63) is 58.9 Å². The lowest BCUT2D eigenvalue weighted by Gasteiger charge is -2.13. The first-order valence-electron chi connectivity index (χ1n) is 8.45. The van der Waals surface area contributed by atoms with E-state index in [1.165, 1.54) is 18.2 Å². The summed E-state index contributed by atoms with van der Waals surface area (Å²) < 4.78 is 24.4. The van der Waals surface area contributed by atoms with Crippen LogP contribution >= 0.6 is 24.0 Å². The number of halogens is 2. The Bertz CT molecular complexity index is 853. The van der Waals surface area contributed by atoms with E-state index in [0.717, 1.165) is 12.0 Å². The molecule has 2 aromatic carbocycles. The van der Waals surface area contributed by atoms with Gasteiger partial charge in [-0.3, -0.25) is 4.99 Å². The van der Waals surface area contributed by atoms with Crippen LogP contribution in [0.15, 0.2) is 41.4 Å². The van der Waals surface area contributed by atoms with Gasteiger partial charge in [0.05, 0.1) is 25.9 Å². The Hall–Kier alpha value is -2.54. The fourth-order valence-electron chi connectivity index (χ4n) is 2.54. The van der Waals surface area contributed by atoms with Crippen LogP contribution in [-0.2, 0) is 13.0 Å². The molecule has 2 rings (SSSR count). The fourth-order valence-corrected chi connectivity index (χ4v) is 2.54. The van der Waals surface area contributed by atoms with E-state index >= 15 is 0 Å². The lowest BCUT2D eigenvalue weighted by molar-refractivity contribution is 0.354. The summed E-state index contributed by atoms with van der Waals surface area (Å²) in [6, 6.07) is 12.1. The first-order valence-corrected chi connectivity index (χ1v) is 8.45. The molecule has 0 saturated carbocycles. The Morgan fingerprint density at radius 2 is 1.86 bits per heavy atom. The van der Waals surface area contributed by atoms with Crippen LogP contribution in [0.3, 0.4) is 0 Å². The molecule has 0 aliphatic heterocycles. The van der Waals surface area contributed by atoms with Crippen LogP contribution < -0.4 is 20.1 Å². The number of benzene rings is 2. The summed E-state index contributed by atoms with van der Waals surface area (Å²) >= 11 is 0. The van der Waals surface area contributed by atoms with Gasteiger partial charge in [0.15, 0.2) is 17.5 Å². The molecule has 6 nitrogen and oxygen atoms in total. The maximum atomic E-state index is 13.8. The van der Waals surface area contributed by atoms with Crippen LogP contribution in [-0.4, -0.2) is 33.8 Å². The molecule has 0 unspecified atom stereocenters. The summed E-state index contributed by atoms with van der Waals surface area (Å²) in [5.74, 6) is 1.57. The van der Waals surface area contributed by atoms with Gasteiger partial charge < -0.3 is 20.1 Å². The standard InChI is InChI=1S/C20H23FN4O2.HI/c1-23-20(25-13-16-10-15(12-22)4-6-17(16)21)24-9-8-14-5-7-18(26-2)19(11-14)27-3;/h4-7,10-11H,8-9,13H2,1-3H3,(H2,23,24,25);1H. The van der Waals surface area contributed by atoms with Gasteiger partial charge in [-0.2, -0.15) is 5.26 Å². The largest absolute Gasteiger partial charge is 0.493 e. The van der Waals surface area contributed by atoms with Gasteiger partial charge in [0.1, 0.15) is 5.82 Å². The number of guanidine groups is 1. The van der Waals surface area contributed by atoms with E-state index < -0.39 is 0 Å². The van der Waals surface area contributed by atoms with E-state index in [4.69, 9.17) is 14.7 Å². The van der Waals surface area contributed by atoms with E-state index in [0.29, 0.717) is 35.1 Å². The lowest BCUT2D eigenvalue weighted by Crippen LogP contribution is -2.38. The van der Waals surface area contributed by atoms with Crippen molar-refractivity contribution in [1.29, 1.82) is 5.26 Å². The first-order chi connectivity index (χ1) is 13.1. The molecule has 0 saturated heterocycles. The van der Waals surface area contributed by atoms with Crippen molar-refractivity contribution in [2.75, 3.05) is 27.8 Å². The number of rotatable bonds is 7. The zero-order chi connectivity index (χ0) is 19.6. The van der Waals surface area contributed by atoms with Crippen molar-refractivity contribution in [3.8, 4) is 17.6 Å². The summed E-state index contributed by atoms with van der Waals surface area (Å²) in [7, 11) is 4.85. The highest BCUT2D eigenvalue weighted by molar-refractivity contribution is 14.0. The Labute approximate surface area is 181 Å². The molecule has 0 radical (unpaired) electrons. The summed E-state index contributed by atoms with van der Waals surface area (Å²) in [5, 5.41) is 15.2. The van der Waals surface area contributed by atoms with Crippen LogP contribution in [0, 0.1) is 17.1 Å². The zero-order valence-corrected chi connectivity index (χ0v) is 18.4. The zero-order valence-electron chi connectivity index (χ0n) is 16.1. The molecule has 0 heterocycles. The van der Waals surface area contributed by atoms with E-state index in [2.05, 4.69) is 15.6 Å². The van der Waals surface area contributed by atoms with E-state index in [-0.39, 0.29) is 36.3 Å². The SMILES string of the molecule is CN=C(NCCc1ccc(OC)c(OC)c1)NCc1cc(C#N)ccc1F.I. The number of ether oxygens (including phenoxy) is 2. The van der Waals surface area contributed by atoms with Crippen molar-refractivity contribution < 1.29 is 13.9 Å². The van der Waals surface area contributed by atoms with Gasteiger partial charge in [-0.25, -0.2) is 4.39 Å². The number of aliphatic imine (C=N–C) groups is 1. The molecule has 150 valence electrons. The van der Waals surface area contributed by atoms with Gasteiger partial charge in [0, 0.05) is 25.7 Å². The molecule has 8 heteroatoms.